The molecule has 0 aromatic heterocycles. The van der Waals surface area contributed by atoms with Crippen molar-refractivity contribution in [1.82, 2.24) is 26.6 Å². The first-order valence-corrected chi connectivity index (χ1v) is 18.3. The number of carbonyl (C=O) groups excluding carboxylic acids is 5. The monoisotopic (exact) mass is 673 g/mol. The van der Waals surface area contributed by atoms with Crippen LogP contribution >= 0.6 is 21.6 Å². The van der Waals surface area contributed by atoms with Gasteiger partial charge in [-0.15, -0.1) is 0 Å². The summed E-state index contributed by atoms with van der Waals surface area (Å²) in [6.07, 6.45) is 1.01. The molecule has 0 rings (SSSR count). The van der Waals surface area contributed by atoms with Crippen molar-refractivity contribution < 1.29 is 28.7 Å². The molecule has 0 radical (unpaired) electrons. The minimum Gasteiger partial charge on any atom is -0.444 e. The third kappa shape index (κ3) is 18.4. The molecule has 0 saturated carbocycles. The molecule has 5 amide bonds. The lowest BCUT2D eigenvalue weighted by molar-refractivity contribution is -0.139. The molecular weight excluding hydrogens is 615 g/mol. The molecule has 0 spiro atoms. The molecule has 0 aromatic rings. The molecule has 260 valence electrons. The number of ether oxygens (including phenoxy) is 1. The largest absolute Gasteiger partial charge is 0.444 e. The summed E-state index contributed by atoms with van der Waals surface area (Å²) in [7, 11) is 3.22. The van der Waals surface area contributed by atoms with Crippen LogP contribution in [0.25, 0.3) is 0 Å². The van der Waals surface area contributed by atoms with E-state index in [1.54, 1.807) is 56.2 Å². The lowest BCUT2D eigenvalue weighted by atomic mass is 9.67. The zero-order chi connectivity index (χ0) is 34.8. The molecule has 11 nitrogen and oxygen atoms in total. The second-order valence-electron chi connectivity index (χ2n) is 13.4. The highest BCUT2D eigenvalue weighted by Crippen LogP contribution is 2.41. The average molecular weight is 674 g/mol. The van der Waals surface area contributed by atoms with Gasteiger partial charge in [-0.2, -0.15) is 0 Å². The molecule has 0 aromatic carbocycles. The van der Waals surface area contributed by atoms with Gasteiger partial charge in [0.2, 0.25) is 23.6 Å². The first-order chi connectivity index (χ1) is 20.8. The van der Waals surface area contributed by atoms with E-state index in [0.29, 0.717) is 50.3 Å². The molecule has 5 N–H and O–H groups in total. The van der Waals surface area contributed by atoms with Crippen LogP contribution < -0.4 is 26.6 Å². The molecule has 3 unspecified atom stereocenters. The van der Waals surface area contributed by atoms with Crippen LogP contribution in [-0.4, -0.2) is 79.0 Å². The average Bonchev–Trinajstić information content (AvgIpc) is 2.92. The van der Waals surface area contributed by atoms with E-state index in [9.17, 15) is 24.0 Å². The van der Waals surface area contributed by atoms with E-state index < -0.39 is 28.4 Å². The first kappa shape index (κ1) is 42.6. The molecule has 3 atom stereocenters. The van der Waals surface area contributed by atoms with Crippen molar-refractivity contribution in [3.05, 3.63) is 12.2 Å². The van der Waals surface area contributed by atoms with Crippen LogP contribution in [0.1, 0.15) is 94.9 Å². The number of hydrogen-bond donors (Lipinski definition) is 5. The third-order valence-corrected chi connectivity index (χ3v) is 9.42. The maximum atomic E-state index is 13.7. The Bertz CT molecular complexity index is 1000. The van der Waals surface area contributed by atoms with Crippen LogP contribution in [0.15, 0.2) is 12.2 Å². The molecule has 0 heterocycles. The molecule has 0 fully saturated rings. The van der Waals surface area contributed by atoms with Crippen LogP contribution in [0.3, 0.4) is 0 Å². The van der Waals surface area contributed by atoms with Gasteiger partial charge in [-0.3, -0.25) is 19.2 Å². The van der Waals surface area contributed by atoms with Crippen molar-refractivity contribution in [1.29, 1.82) is 0 Å². The summed E-state index contributed by atoms with van der Waals surface area (Å²) in [5, 5.41) is 14.4. The van der Waals surface area contributed by atoms with E-state index >= 15 is 0 Å². The molecule has 0 aliphatic carbocycles. The van der Waals surface area contributed by atoms with E-state index in [2.05, 4.69) is 33.2 Å². The van der Waals surface area contributed by atoms with Gasteiger partial charge in [0.25, 0.3) is 0 Å². The van der Waals surface area contributed by atoms with Crippen molar-refractivity contribution in [3.8, 4) is 0 Å². The van der Waals surface area contributed by atoms with Crippen LogP contribution in [0.4, 0.5) is 4.79 Å². The summed E-state index contributed by atoms with van der Waals surface area (Å²) >= 11 is 0. The van der Waals surface area contributed by atoms with Crippen LogP contribution in [0.2, 0.25) is 0 Å². The van der Waals surface area contributed by atoms with E-state index in [0.717, 1.165) is 5.75 Å². The van der Waals surface area contributed by atoms with E-state index in [1.165, 1.54) is 0 Å². The molecule has 0 aliphatic heterocycles. The second kappa shape index (κ2) is 20.7. The van der Waals surface area contributed by atoms with Gasteiger partial charge in [0, 0.05) is 66.0 Å². The summed E-state index contributed by atoms with van der Waals surface area (Å²) in [6, 6.07) is -0.0321. The number of carbonyl (C=O) groups is 5. The normalized spacial score (nSPS) is 14.7. The van der Waals surface area contributed by atoms with Gasteiger partial charge in [0.1, 0.15) is 5.60 Å². The number of hydrogen-bond acceptors (Lipinski definition) is 8. The number of rotatable bonds is 21. The Morgan fingerprint density at radius 1 is 0.778 bits per heavy atom. The molecule has 0 saturated heterocycles. The van der Waals surface area contributed by atoms with E-state index in [-0.39, 0.29) is 42.5 Å². The maximum Gasteiger partial charge on any atom is 0.407 e. The lowest BCUT2D eigenvalue weighted by Gasteiger charge is -2.38. The summed E-state index contributed by atoms with van der Waals surface area (Å²) < 4.78 is 5.24. The van der Waals surface area contributed by atoms with Crippen LogP contribution in [0.5, 0.6) is 0 Å². The highest BCUT2D eigenvalue weighted by Gasteiger charge is 2.45. The molecular formula is C32H59N5O6S2. The highest BCUT2D eigenvalue weighted by molar-refractivity contribution is 8.76. The summed E-state index contributed by atoms with van der Waals surface area (Å²) in [6.45, 7) is 23.5. The van der Waals surface area contributed by atoms with Gasteiger partial charge in [-0.25, -0.2) is 4.79 Å². The van der Waals surface area contributed by atoms with Gasteiger partial charge in [-0.1, -0.05) is 55.9 Å². The summed E-state index contributed by atoms with van der Waals surface area (Å²) in [5.41, 5.74) is -1.97. The molecule has 0 bridgehead atoms. The predicted octanol–water partition coefficient (Wildman–Crippen LogP) is 4.57. The van der Waals surface area contributed by atoms with Gasteiger partial charge < -0.3 is 31.3 Å². The number of amides is 5. The lowest BCUT2D eigenvalue weighted by Crippen LogP contribution is -2.49. The highest BCUT2D eigenvalue weighted by atomic mass is 33.1. The minimum absolute atomic E-state index is 0.0321. The zero-order valence-electron chi connectivity index (χ0n) is 29.2. The SMILES string of the molecule is C=C(C)C(=O)NCCSSCCNC(=O)C(C)(CC)CC(C)(CC(C)C(=O)NC(C)C)C(=O)NCCCNC(=O)OC(C)(C)C. The Morgan fingerprint density at radius 3 is 1.80 bits per heavy atom. The molecule has 0 aliphatic rings. The van der Waals surface area contributed by atoms with Crippen molar-refractivity contribution in [3.63, 3.8) is 0 Å². The molecule has 45 heavy (non-hydrogen) atoms. The maximum absolute atomic E-state index is 13.7. The zero-order valence-corrected chi connectivity index (χ0v) is 30.8. The topological polar surface area (TPSA) is 155 Å². The third-order valence-electron chi connectivity index (χ3n) is 7.01. The fraction of sp³-hybridized carbons (Fsp3) is 0.781. The van der Waals surface area contributed by atoms with Gasteiger partial charge in [-0.05, 0) is 67.2 Å². The molecule has 13 heteroatoms. The Hall–Kier alpha value is -2.41. The van der Waals surface area contributed by atoms with Gasteiger partial charge >= 0.3 is 6.09 Å². The predicted molar refractivity (Wildman–Crippen MR) is 186 cm³/mol. The van der Waals surface area contributed by atoms with Gasteiger partial charge in [0.05, 0.1) is 0 Å². The Labute approximate surface area is 279 Å². The van der Waals surface area contributed by atoms with Crippen molar-refractivity contribution >= 4 is 51.3 Å². The van der Waals surface area contributed by atoms with Gasteiger partial charge in [0.15, 0.2) is 0 Å². The Kier molecular flexibility index (Phi) is 19.6. The van der Waals surface area contributed by atoms with E-state index in [4.69, 9.17) is 4.74 Å². The van der Waals surface area contributed by atoms with Crippen molar-refractivity contribution in [2.45, 2.75) is 107 Å². The fourth-order valence-electron chi connectivity index (χ4n) is 4.57. The standard InChI is InChI=1S/C32H59N5O6S2/c1-12-31(10,27(40)35-17-19-45-44-18-16-33-25(38)22(2)3)21-32(11,20-24(6)26(39)37-23(4)5)28(41)34-14-13-15-36-29(42)43-30(7,8)9/h23-24H,2,12-21H2,1,3-11H3,(H,33,38)(H,34,41)(H,35,40)(H,36,42)(H,37,39). The number of nitrogens with one attached hydrogen (secondary N) is 5. The van der Waals surface area contributed by atoms with Crippen molar-refractivity contribution in [2.24, 2.45) is 16.7 Å². The summed E-state index contributed by atoms with van der Waals surface area (Å²) in [5.74, 6) is 0.310. The second-order valence-corrected chi connectivity index (χ2v) is 16.1. The first-order valence-electron chi connectivity index (χ1n) is 15.8. The summed E-state index contributed by atoms with van der Waals surface area (Å²) in [4.78, 5) is 63.4. The number of alkyl carbamates (subject to hydrolysis) is 1. The van der Waals surface area contributed by atoms with E-state index in [1.807, 2.05) is 34.6 Å². The fourth-order valence-corrected chi connectivity index (χ4v) is 6.38. The van der Waals surface area contributed by atoms with Crippen LogP contribution in [-0.2, 0) is 23.9 Å². The minimum atomic E-state index is -1.01. The Morgan fingerprint density at radius 2 is 1.29 bits per heavy atom. The smallest absolute Gasteiger partial charge is 0.407 e. The van der Waals surface area contributed by atoms with Crippen molar-refractivity contribution in [2.75, 3.05) is 37.7 Å². The quantitative estimate of drug-likeness (QED) is 0.0675. The van der Waals surface area contributed by atoms with Crippen LogP contribution in [0, 0.1) is 16.7 Å². The Balaban J connectivity index is 5.27.